The monoisotopic (exact) mass is 385 g/mol. The van der Waals surface area contributed by atoms with Crippen molar-refractivity contribution in [1.29, 1.82) is 0 Å². The number of nitrogens with zero attached hydrogens (tertiary/aromatic N) is 1. The molecule has 1 fully saturated rings. The molecule has 2 heterocycles. The van der Waals surface area contributed by atoms with Crippen LogP contribution in [0.5, 0.6) is 0 Å². The Morgan fingerprint density at radius 3 is 2.25 bits per heavy atom. The van der Waals surface area contributed by atoms with Gasteiger partial charge in [0.1, 0.15) is 5.60 Å². The van der Waals surface area contributed by atoms with Crippen LogP contribution >= 0.6 is 0 Å². The molecule has 150 valence electrons. The number of carbonyl (C=O) groups excluding carboxylic acids is 2. The Morgan fingerprint density at radius 2 is 1.71 bits per heavy atom. The Bertz CT molecular complexity index is 853. The van der Waals surface area contributed by atoms with E-state index in [0.717, 1.165) is 16.7 Å². The highest BCUT2D eigenvalue weighted by Crippen LogP contribution is 2.69. The third-order valence-electron chi connectivity index (χ3n) is 5.86. The molecule has 3 aliphatic rings. The van der Waals surface area contributed by atoms with E-state index in [2.05, 4.69) is 0 Å². The quantitative estimate of drug-likeness (QED) is 0.803. The van der Waals surface area contributed by atoms with Crippen molar-refractivity contribution in [1.82, 2.24) is 4.90 Å². The lowest BCUT2D eigenvalue weighted by Crippen LogP contribution is -2.39. The fourth-order valence-corrected chi connectivity index (χ4v) is 5.13. The fraction of sp³-hybridized carbons (Fsp3) is 0.545. The summed E-state index contributed by atoms with van der Waals surface area (Å²) in [6.45, 7) is 7.60. The summed E-state index contributed by atoms with van der Waals surface area (Å²) in [6.07, 6.45) is 0.0581. The van der Waals surface area contributed by atoms with Crippen molar-refractivity contribution in [3.05, 3.63) is 46.5 Å². The van der Waals surface area contributed by atoms with Gasteiger partial charge in [-0.15, -0.1) is 0 Å². The highest BCUT2D eigenvalue weighted by Gasteiger charge is 2.66. The third-order valence-corrected chi connectivity index (χ3v) is 5.86. The maximum atomic E-state index is 13.1. The van der Waals surface area contributed by atoms with Crippen molar-refractivity contribution in [2.75, 3.05) is 13.2 Å². The SMILES string of the molecule is CCOC(=O)C1=C(CCO)[C@H]2[C@@H]1[C@@H]1c3ccccc3[C@H]2N1C(=O)OC(C)(C)C. The molecule has 0 spiro atoms. The van der Waals surface area contributed by atoms with Crippen LogP contribution in [0.1, 0.15) is 57.3 Å². The normalized spacial score (nSPS) is 27.2. The Hall–Kier alpha value is -2.34. The number of hydrogen-bond donors (Lipinski definition) is 1. The van der Waals surface area contributed by atoms with Gasteiger partial charge >= 0.3 is 12.1 Å². The average Bonchev–Trinajstić information content (AvgIpc) is 3.07. The summed E-state index contributed by atoms with van der Waals surface area (Å²) in [5, 5.41) is 9.55. The molecule has 1 amide bonds. The van der Waals surface area contributed by atoms with Gasteiger partial charge in [0, 0.05) is 24.0 Å². The van der Waals surface area contributed by atoms with Crippen molar-refractivity contribution in [2.24, 2.45) is 11.8 Å². The minimum atomic E-state index is -0.602. The number of fused-ring (bicyclic) bond motifs is 8. The first-order valence-corrected chi connectivity index (χ1v) is 9.91. The van der Waals surface area contributed by atoms with E-state index in [-0.39, 0.29) is 42.6 Å². The van der Waals surface area contributed by atoms with Gasteiger partial charge in [-0.1, -0.05) is 29.8 Å². The lowest BCUT2D eigenvalue weighted by atomic mass is 9.59. The molecule has 0 saturated carbocycles. The summed E-state index contributed by atoms with van der Waals surface area (Å²) in [5.74, 6) is -0.409. The van der Waals surface area contributed by atoms with E-state index in [9.17, 15) is 14.7 Å². The molecule has 1 aromatic carbocycles. The van der Waals surface area contributed by atoms with Gasteiger partial charge < -0.3 is 14.6 Å². The second kappa shape index (κ2) is 6.62. The molecule has 6 nitrogen and oxygen atoms in total. The van der Waals surface area contributed by atoms with Crippen molar-refractivity contribution in [2.45, 2.75) is 51.8 Å². The van der Waals surface area contributed by atoms with Crippen LogP contribution in [-0.4, -0.2) is 40.9 Å². The van der Waals surface area contributed by atoms with E-state index in [1.165, 1.54) is 0 Å². The maximum Gasteiger partial charge on any atom is 0.411 e. The van der Waals surface area contributed by atoms with Gasteiger partial charge in [-0.05, 0) is 45.2 Å². The highest BCUT2D eigenvalue weighted by molar-refractivity contribution is 5.94. The van der Waals surface area contributed by atoms with Crippen LogP contribution in [0.3, 0.4) is 0 Å². The summed E-state index contributed by atoms with van der Waals surface area (Å²) in [6, 6.07) is 7.61. The molecule has 1 aliphatic carbocycles. The van der Waals surface area contributed by atoms with Crippen LogP contribution in [0.2, 0.25) is 0 Å². The summed E-state index contributed by atoms with van der Waals surface area (Å²) < 4.78 is 11.0. The van der Waals surface area contributed by atoms with Crippen LogP contribution in [-0.2, 0) is 14.3 Å². The van der Waals surface area contributed by atoms with E-state index < -0.39 is 5.60 Å². The van der Waals surface area contributed by atoms with Crippen LogP contribution in [0.25, 0.3) is 0 Å². The molecular formula is C22H27NO5. The van der Waals surface area contributed by atoms with Crippen molar-refractivity contribution < 1.29 is 24.2 Å². The molecule has 2 aliphatic heterocycles. The first-order valence-electron chi connectivity index (χ1n) is 9.91. The number of esters is 1. The molecule has 4 atom stereocenters. The summed E-state index contributed by atoms with van der Waals surface area (Å²) in [5.41, 5.74) is 3.13. The molecule has 1 aromatic rings. The average molecular weight is 385 g/mol. The smallest absolute Gasteiger partial charge is 0.411 e. The molecule has 0 radical (unpaired) electrons. The molecule has 2 bridgehead atoms. The summed E-state index contributed by atoms with van der Waals surface area (Å²) >= 11 is 0. The minimum Gasteiger partial charge on any atom is -0.463 e. The number of ether oxygens (including phenoxy) is 2. The molecule has 6 heteroatoms. The van der Waals surface area contributed by atoms with Gasteiger partial charge in [0.15, 0.2) is 0 Å². The van der Waals surface area contributed by atoms with E-state index in [0.29, 0.717) is 18.6 Å². The molecule has 1 saturated heterocycles. The van der Waals surface area contributed by atoms with Crippen LogP contribution in [0.15, 0.2) is 35.4 Å². The first kappa shape index (κ1) is 19.0. The predicted molar refractivity (Wildman–Crippen MR) is 102 cm³/mol. The first-order chi connectivity index (χ1) is 13.3. The second-order valence-electron chi connectivity index (χ2n) is 8.59. The number of rotatable bonds is 4. The second-order valence-corrected chi connectivity index (χ2v) is 8.59. The number of amides is 1. The highest BCUT2D eigenvalue weighted by atomic mass is 16.6. The summed E-state index contributed by atoms with van der Waals surface area (Å²) in [7, 11) is 0. The Labute approximate surface area is 165 Å². The Balaban J connectivity index is 1.76. The zero-order valence-electron chi connectivity index (χ0n) is 16.8. The van der Waals surface area contributed by atoms with E-state index in [1.807, 2.05) is 45.0 Å². The van der Waals surface area contributed by atoms with Gasteiger partial charge in [-0.2, -0.15) is 0 Å². The number of carbonyl (C=O) groups is 2. The van der Waals surface area contributed by atoms with Crippen LogP contribution < -0.4 is 0 Å². The fourth-order valence-electron chi connectivity index (χ4n) is 5.13. The van der Waals surface area contributed by atoms with Gasteiger partial charge in [0.25, 0.3) is 0 Å². The zero-order chi connectivity index (χ0) is 20.2. The largest absolute Gasteiger partial charge is 0.463 e. The number of benzene rings is 1. The van der Waals surface area contributed by atoms with E-state index in [1.54, 1.807) is 11.8 Å². The molecule has 0 aromatic heterocycles. The van der Waals surface area contributed by atoms with Gasteiger partial charge in [-0.25, -0.2) is 9.59 Å². The topological polar surface area (TPSA) is 76.1 Å². The number of hydrogen-bond acceptors (Lipinski definition) is 5. The lowest BCUT2D eigenvalue weighted by Gasteiger charge is -2.42. The Kier molecular flexibility index (Phi) is 4.49. The van der Waals surface area contributed by atoms with E-state index in [4.69, 9.17) is 9.47 Å². The Morgan fingerprint density at radius 1 is 1.11 bits per heavy atom. The van der Waals surface area contributed by atoms with E-state index >= 15 is 0 Å². The molecular weight excluding hydrogens is 358 g/mol. The maximum absolute atomic E-state index is 13.1. The standard InChI is InChI=1S/C22H27NO5/c1-5-27-20(25)16-14(10-11-24)15-17(16)19-13-9-7-6-8-12(13)18(15)23(19)21(26)28-22(2,3)4/h6-9,15,17-19,24H,5,10-11H2,1-4H3/t15-,17-,18+,19-/m0/s1. The van der Waals surface area contributed by atoms with Crippen molar-refractivity contribution in [3.63, 3.8) is 0 Å². The van der Waals surface area contributed by atoms with Gasteiger partial charge in [-0.3, -0.25) is 4.90 Å². The van der Waals surface area contributed by atoms with Gasteiger partial charge in [0.2, 0.25) is 0 Å². The predicted octanol–water partition coefficient (Wildman–Crippen LogP) is 3.52. The zero-order valence-corrected chi connectivity index (χ0v) is 16.8. The van der Waals surface area contributed by atoms with Crippen LogP contribution in [0.4, 0.5) is 4.79 Å². The number of aliphatic hydroxyl groups excluding tert-OH is 1. The van der Waals surface area contributed by atoms with Gasteiger partial charge in [0.05, 0.1) is 18.7 Å². The third kappa shape index (κ3) is 2.65. The molecule has 28 heavy (non-hydrogen) atoms. The summed E-state index contributed by atoms with van der Waals surface area (Å²) in [4.78, 5) is 27.5. The minimum absolute atomic E-state index is 0.0268. The molecule has 0 unspecified atom stereocenters. The van der Waals surface area contributed by atoms with Crippen molar-refractivity contribution >= 4 is 12.1 Å². The molecule has 4 rings (SSSR count). The lowest BCUT2D eigenvalue weighted by molar-refractivity contribution is -0.140. The molecule has 1 N–H and O–H groups in total. The van der Waals surface area contributed by atoms with Crippen LogP contribution in [0, 0.1) is 11.8 Å². The number of aliphatic hydroxyl groups is 1. The van der Waals surface area contributed by atoms with Crippen molar-refractivity contribution in [3.8, 4) is 0 Å².